The summed E-state index contributed by atoms with van der Waals surface area (Å²) in [6.45, 7) is 1.85. The van der Waals surface area contributed by atoms with Gasteiger partial charge < -0.3 is 15.7 Å². The summed E-state index contributed by atoms with van der Waals surface area (Å²) < 4.78 is 26.1. The van der Waals surface area contributed by atoms with Gasteiger partial charge >= 0.3 is 6.09 Å². The van der Waals surface area contributed by atoms with Crippen molar-refractivity contribution in [2.24, 2.45) is 0 Å². The zero-order chi connectivity index (χ0) is 14.9. The lowest BCUT2D eigenvalue weighted by Gasteiger charge is -2.16. The van der Waals surface area contributed by atoms with Crippen LogP contribution in [0.1, 0.15) is 26.2 Å². The Labute approximate surface area is 112 Å². The molecule has 8 nitrogen and oxygen atoms in total. The first-order valence-corrected chi connectivity index (χ1v) is 7.69. The molecule has 0 aromatic carbocycles. The van der Waals surface area contributed by atoms with Crippen LogP contribution in [0.4, 0.5) is 4.79 Å². The molecule has 0 fully saturated rings. The van der Waals surface area contributed by atoms with Crippen molar-refractivity contribution in [2.75, 3.05) is 19.4 Å². The molecule has 0 rings (SSSR count). The Bertz CT molecular complexity index is 395. The van der Waals surface area contributed by atoms with Crippen LogP contribution in [0.3, 0.4) is 0 Å². The summed E-state index contributed by atoms with van der Waals surface area (Å²) >= 11 is 0. The summed E-state index contributed by atoms with van der Waals surface area (Å²) in [7, 11) is -3.73. The predicted molar refractivity (Wildman–Crippen MR) is 68.3 cm³/mol. The zero-order valence-corrected chi connectivity index (χ0v) is 11.8. The molecule has 0 aromatic rings. The molecule has 0 saturated heterocycles. The summed E-state index contributed by atoms with van der Waals surface area (Å²) in [5, 5.41) is 13.0. The maximum Gasteiger partial charge on any atom is 0.405 e. The molecule has 19 heavy (non-hydrogen) atoms. The molecule has 1 atom stereocenters. The highest BCUT2D eigenvalue weighted by Crippen LogP contribution is 1.95. The topological polar surface area (TPSA) is 122 Å². The lowest BCUT2D eigenvalue weighted by atomic mass is 10.2. The molecule has 0 aromatic heterocycles. The normalized spacial score (nSPS) is 12.7. The van der Waals surface area contributed by atoms with Crippen molar-refractivity contribution >= 4 is 22.1 Å². The fourth-order valence-electron chi connectivity index (χ4n) is 1.23. The molecule has 0 heterocycles. The molecule has 0 aliphatic rings. The highest BCUT2D eigenvalue weighted by Gasteiger charge is 2.22. The fraction of sp³-hybridized carbons (Fsp3) is 0.800. The minimum atomic E-state index is -3.73. The van der Waals surface area contributed by atoms with Crippen LogP contribution < -0.4 is 10.6 Å². The van der Waals surface area contributed by atoms with Gasteiger partial charge in [-0.25, -0.2) is 4.79 Å². The third-order valence-corrected chi connectivity index (χ3v) is 2.71. The van der Waals surface area contributed by atoms with Crippen LogP contribution >= 0.6 is 0 Å². The van der Waals surface area contributed by atoms with Gasteiger partial charge in [0.15, 0.2) is 0 Å². The fourth-order valence-corrected chi connectivity index (χ4v) is 1.62. The Morgan fingerprint density at radius 2 is 1.95 bits per heavy atom. The minimum Gasteiger partial charge on any atom is -0.465 e. The average Bonchev–Trinajstić information content (AvgIpc) is 2.28. The smallest absolute Gasteiger partial charge is 0.405 e. The third-order valence-electron chi connectivity index (χ3n) is 2.14. The number of carbonyl (C=O) groups is 2. The Morgan fingerprint density at radius 1 is 1.32 bits per heavy atom. The average molecular weight is 296 g/mol. The third kappa shape index (κ3) is 10.3. The van der Waals surface area contributed by atoms with Crippen molar-refractivity contribution in [1.82, 2.24) is 10.6 Å². The van der Waals surface area contributed by atoms with E-state index in [0.717, 1.165) is 25.5 Å². The number of unbranched alkanes of at least 4 members (excludes halogenated alkanes) is 2. The van der Waals surface area contributed by atoms with Crippen LogP contribution in [0.25, 0.3) is 0 Å². The molecule has 0 bridgehead atoms. The van der Waals surface area contributed by atoms with Crippen molar-refractivity contribution < 1.29 is 27.3 Å². The monoisotopic (exact) mass is 296 g/mol. The molecule has 0 spiro atoms. The second-order valence-corrected chi connectivity index (χ2v) is 5.63. The van der Waals surface area contributed by atoms with E-state index in [1.54, 1.807) is 0 Å². The second kappa shape index (κ2) is 8.70. The highest BCUT2D eigenvalue weighted by atomic mass is 32.2. The van der Waals surface area contributed by atoms with Gasteiger partial charge in [-0.2, -0.15) is 8.42 Å². The quantitative estimate of drug-likeness (QED) is 0.403. The summed E-state index contributed by atoms with van der Waals surface area (Å²) in [4.78, 5) is 22.2. The predicted octanol–water partition coefficient (Wildman–Crippen LogP) is -0.0948. The van der Waals surface area contributed by atoms with Crippen LogP contribution in [-0.2, 0) is 19.1 Å². The molecule has 112 valence electrons. The molecular formula is C10H20N2O6S. The second-order valence-electron chi connectivity index (χ2n) is 3.99. The minimum absolute atomic E-state index is 0.406. The van der Waals surface area contributed by atoms with Crippen molar-refractivity contribution in [3.63, 3.8) is 0 Å². The van der Waals surface area contributed by atoms with Crippen LogP contribution in [0.5, 0.6) is 0 Å². The summed E-state index contributed by atoms with van der Waals surface area (Å²) in [6.07, 6.45) is 2.10. The SMILES string of the molecule is CCCCCNC(=O)[C@H](COS(C)(=O)=O)NC(=O)O. The van der Waals surface area contributed by atoms with Gasteiger partial charge in [0.25, 0.3) is 10.1 Å². The summed E-state index contributed by atoms with van der Waals surface area (Å²) in [6, 6.07) is -1.26. The number of amides is 2. The van der Waals surface area contributed by atoms with Crippen LogP contribution in [0.15, 0.2) is 0 Å². The van der Waals surface area contributed by atoms with Gasteiger partial charge in [0, 0.05) is 6.54 Å². The molecular weight excluding hydrogens is 276 g/mol. The van der Waals surface area contributed by atoms with E-state index in [1.165, 1.54) is 0 Å². The first-order chi connectivity index (χ1) is 8.76. The van der Waals surface area contributed by atoms with E-state index in [0.29, 0.717) is 6.54 Å². The molecule has 0 unspecified atom stereocenters. The lowest BCUT2D eigenvalue weighted by Crippen LogP contribution is -2.49. The molecule has 0 aliphatic carbocycles. The van der Waals surface area contributed by atoms with Crippen molar-refractivity contribution in [2.45, 2.75) is 32.2 Å². The van der Waals surface area contributed by atoms with E-state index in [1.807, 2.05) is 12.2 Å². The number of hydrogen-bond acceptors (Lipinski definition) is 5. The molecule has 9 heteroatoms. The highest BCUT2D eigenvalue weighted by molar-refractivity contribution is 7.85. The number of rotatable bonds is 9. The van der Waals surface area contributed by atoms with Crippen molar-refractivity contribution in [3.05, 3.63) is 0 Å². The van der Waals surface area contributed by atoms with Gasteiger partial charge in [0.2, 0.25) is 5.91 Å². The van der Waals surface area contributed by atoms with Gasteiger partial charge in [-0.05, 0) is 6.42 Å². The van der Waals surface area contributed by atoms with E-state index in [2.05, 4.69) is 9.50 Å². The number of hydrogen-bond donors (Lipinski definition) is 3. The van der Waals surface area contributed by atoms with E-state index in [9.17, 15) is 18.0 Å². The van der Waals surface area contributed by atoms with Gasteiger partial charge in [0.05, 0.1) is 12.9 Å². The van der Waals surface area contributed by atoms with Crippen molar-refractivity contribution in [1.29, 1.82) is 0 Å². The lowest BCUT2D eigenvalue weighted by molar-refractivity contribution is -0.123. The Kier molecular flexibility index (Phi) is 8.08. The van der Waals surface area contributed by atoms with Crippen LogP contribution in [-0.4, -0.2) is 51.0 Å². The van der Waals surface area contributed by atoms with Gasteiger partial charge in [-0.15, -0.1) is 0 Å². The largest absolute Gasteiger partial charge is 0.465 e. The van der Waals surface area contributed by atoms with Crippen molar-refractivity contribution in [3.8, 4) is 0 Å². The van der Waals surface area contributed by atoms with E-state index >= 15 is 0 Å². The molecule has 0 aliphatic heterocycles. The first kappa shape index (κ1) is 17.6. The zero-order valence-electron chi connectivity index (χ0n) is 11.0. The maximum atomic E-state index is 11.6. The van der Waals surface area contributed by atoms with E-state index < -0.39 is 34.8 Å². The Morgan fingerprint density at radius 3 is 2.42 bits per heavy atom. The van der Waals surface area contributed by atoms with Gasteiger partial charge in [0.1, 0.15) is 6.04 Å². The van der Waals surface area contributed by atoms with Crippen LogP contribution in [0, 0.1) is 0 Å². The first-order valence-electron chi connectivity index (χ1n) is 5.88. The summed E-state index contributed by atoms with van der Waals surface area (Å²) in [5.74, 6) is -0.609. The molecule has 3 N–H and O–H groups in total. The van der Waals surface area contributed by atoms with E-state index in [-0.39, 0.29) is 0 Å². The number of carboxylic acid groups (broad SMARTS) is 1. The van der Waals surface area contributed by atoms with Crippen LogP contribution in [0.2, 0.25) is 0 Å². The Balaban J connectivity index is 4.31. The molecule has 2 amide bonds. The standard InChI is InChI=1S/C10H20N2O6S/c1-3-4-5-6-11-9(13)8(12-10(14)15)7-18-19(2,16)17/h8,12H,3-7H2,1-2H3,(H,11,13)(H,14,15)/t8-/m0/s1. The number of nitrogens with one attached hydrogen (secondary N) is 2. The number of carbonyl (C=O) groups excluding carboxylic acids is 1. The van der Waals surface area contributed by atoms with E-state index in [4.69, 9.17) is 5.11 Å². The Hall–Kier alpha value is -1.35. The summed E-state index contributed by atoms with van der Waals surface area (Å²) in [5.41, 5.74) is 0. The molecule has 0 radical (unpaired) electrons. The van der Waals surface area contributed by atoms with Gasteiger partial charge in [-0.1, -0.05) is 19.8 Å². The maximum absolute atomic E-state index is 11.6. The van der Waals surface area contributed by atoms with Gasteiger partial charge in [-0.3, -0.25) is 8.98 Å². The molecule has 0 saturated carbocycles.